The van der Waals surface area contributed by atoms with Gasteiger partial charge in [0.1, 0.15) is 5.69 Å². The van der Waals surface area contributed by atoms with Crippen LogP contribution in [0.3, 0.4) is 0 Å². The molecule has 4 nitrogen and oxygen atoms in total. The highest BCUT2D eigenvalue weighted by Crippen LogP contribution is 2.30. The van der Waals surface area contributed by atoms with Crippen LogP contribution in [0.1, 0.15) is 51.6 Å². The van der Waals surface area contributed by atoms with Crippen LogP contribution in [0.5, 0.6) is 0 Å². The average Bonchev–Trinajstić information content (AvgIpc) is 3.29. The molecule has 1 N–H and O–H groups in total. The maximum atomic E-state index is 13.2. The largest absolute Gasteiger partial charge is 0.344 e. The van der Waals surface area contributed by atoms with Crippen LogP contribution in [0.2, 0.25) is 0 Å². The smallest absolute Gasteiger partial charge is 0.270 e. The lowest BCUT2D eigenvalue weighted by Crippen LogP contribution is -2.32. The number of fused-ring (bicyclic) bond motifs is 1. The second kappa shape index (κ2) is 8.46. The number of hydrogen-bond acceptors (Lipinski definition) is 2. The number of benzene rings is 3. The Morgan fingerprint density at radius 1 is 0.969 bits per heavy atom. The average molecular weight is 422 g/mol. The first kappa shape index (κ1) is 20.3. The van der Waals surface area contributed by atoms with E-state index in [1.165, 1.54) is 27.8 Å². The predicted octanol–water partition coefficient (Wildman–Crippen LogP) is 5.96. The summed E-state index contributed by atoms with van der Waals surface area (Å²) in [5.41, 5.74) is 8.90. The molecule has 0 saturated heterocycles. The summed E-state index contributed by atoms with van der Waals surface area (Å²) in [7, 11) is 0. The van der Waals surface area contributed by atoms with Crippen molar-refractivity contribution in [1.29, 1.82) is 0 Å². The summed E-state index contributed by atoms with van der Waals surface area (Å²) >= 11 is 0. The first-order valence-electron chi connectivity index (χ1n) is 11.2. The van der Waals surface area contributed by atoms with Crippen molar-refractivity contribution in [2.24, 2.45) is 0 Å². The van der Waals surface area contributed by atoms with Gasteiger partial charge in [-0.2, -0.15) is 0 Å². The highest BCUT2D eigenvalue weighted by atomic mass is 16.2. The lowest BCUT2D eigenvalue weighted by molar-refractivity contribution is 0.0926. The normalized spacial score (nSPS) is 15.2. The van der Waals surface area contributed by atoms with Gasteiger partial charge in [-0.25, -0.2) is 4.98 Å². The van der Waals surface area contributed by atoms with Gasteiger partial charge >= 0.3 is 0 Å². The van der Waals surface area contributed by atoms with Crippen molar-refractivity contribution in [2.75, 3.05) is 0 Å². The van der Waals surface area contributed by atoms with E-state index in [-0.39, 0.29) is 11.9 Å². The maximum absolute atomic E-state index is 13.2. The van der Waals surface area contributed by atoms with Crippen LogP contribution in [-0.2, 0) is 6.42 Å². The summed E-state index contributed by atoms with van der Waals surface area (Å²) < 4.78 is 1.86. The number of rotatable bonds is 4. The van der Waals surface area contributed by atoms with Crippen LogP contribution in [-0.4, -0.2) is 15.5 Å². The first-order chi connectivity index (χ1) is 15.6. The lowest BCUT2D eigenvalue weighted by Gasteiger charge is -2.26. The topological polar surface area (TPSA) is 46.9 Å². The molecule has 4 aromatic rings. The molecule has 1 aliphatic carbocycles. The number of amides is 1. The molecule has 0 unspecified atom stereocenters. The molecule has 0 spiro atoms. The number of carbonyl (C=O) groups excluding carboxylic acids is 1. The molecule has 0 fully saturated rings. The molecular weight excluding hydrogens is 394 g/mol. The molecule has 1 amide bonds. The van der Waals surface area contributed by atoms with Crippen molar-refractivity contribution in [3.05, 3.63) is 107 Å². The summed E-state index contributed by atoms with van der Waals surface area (Å²) in [5.74, 6) is -0.0948. The highest BCUT2D eigenvalue weighted by Gasteiger charge is 2.23. The SMILES string of the molecule is Cc1cc(C)cc(-c2ccc(-n3cncc3C(=O)N[C@H]3CCCc4ccccc43)cc2)c1. The van der Waals surface area contributed by atoms with Gasteiger partial charge in [0, 0.05) is 5.69 Å². The minimum atomic E-state index is -0.0948. The quantitative estimate of drug-likeness (QED) is 0.442. The third kappa shape index (κ3) is 3.96. The van der Waals surface area contributed by atoms with Gasteiger partial charge in [0.25, 0.3) is 5.91 Å². The third-order valence-electron chi connectivity index (χ3n) is 6.25. The second-order valence-electron chi connectivity index (χ2n) is 8.69. The minimum absolute atomic E-state index is 0.0442. The van der Waals surface area contributed by atoms with E-state index >= 15 is 0 Å². The number of aryl methyl sites for hydroxylation is 3. The highest BCUT2D eigenvalue weighted by molar-refractivity contribution is 5.93. The summed E-state index contributed by atoms with van der Waals surface area (Å²) in [6, 6.07) is 23.3. The number of nitrogens with one attached hydrogen (secondary N) is 1. The fourth-order valence-electron chi connectivity index (χ4n) is 4.76. The van der Waals surface area contributed by atoms with Crippen LogP contribution >= 0.6 is 0 Å². The van der Waals surface area contributed by atoms with Gasteiger partial charge in [-0.1, -0.05) is 65.7 Å². The fraction of sp³-hybridized carbons (Fsp3) is 0.214. The van der Waals surface area contributed by atoms with Crippen LogP contribution in [0.4, 0.5) is 0 Å². The van der Waals surface area contributed by atoms with E-state index in [4.69, 9.17) is 0 Å². The van der Waals surface area contributed by atoms with E-state index in [0.29, 0.717) is 5.69 Å². The number of carbonyl (C=O) groups is 1. The number of nitrogens with zero attached hydrogens (tertiary/aromatic N) is 2. The zero-order chi connectivity index (χ0) is 22.1. The zero-order valence-corrected chi connectivity index (χ0v) is 18.5. The molecule has 0 bridgehead atoms. The molecule has 1 heterocycles. The van der Waals surface area contributed by atoms with Crippen LogP contribution in [0.25, 0.3) is 16.8 Å². The Hall–Kier alpha value is -3.66. The van der Waals surface area contributed by atoms with Gasteiger partial charge in [-0.15, -0.1) is 0 Å². The molecule has 5 rings (SSSR count). The Labute approximate surface area is 189 Å². The molecule has 1 aliphatic rings. The Bertz CT molecular complexity index is 1250. The Kier molecular flexibility index (Phi) is 5.36. The van der Waals surface area contributed by atoms with Crippen molar-refractivity contribution in [2.45, 2.75) is 39.2 Å². The molecule has 3 aromatic carbocycles. The van der Waals surface area contributed by atoms with Crippen molar-refractivity contribution >= 4 is 5.91 Å². The van der Waals surface area contributed by atoms with Gasteiger partial charge in [0.2, 0.25) is 0 Å². The molecule has 4 heteroatoms. The molecule has 32 heavy (non-hydrogen) atoms. The van der Waals surface area contributed by atoms with Gasteiger partial charge < -0.3 is 5.32 Å². The summed E-state index contributed by atoms with van der Waals surface area (Å²) in [5, 5.41) is 3.24. The summed E-state index contributed by atoms with van der Waals surface area (Å²) in [6.07, 6.45) is 6.47. The number of aromatic nitrogens is 2. The van der Waals surface area contributed by atoms with Crippen LogP contribution < -0.4 is 5.32 Å². The second-order valence-corrected chi connectivity index (χ2v) is 8.69. The van der Waals surface area contributed by atoms with Crippen molar-refractivity contribution in [3.8, 4) is 16.8 Å². The first-order valence-corrected chi connectivity index (χ1v) is 11.2. The monoisotopic (exact) mass is 421 g/mol. The van der Waals surface area contributed by atoms with E-state index in [1.807, 2.05) is 22.8 Å². The van der Waals surface area contributed by atoms with Crippen molar-refractivity contribution in [1.82, 2.24) is 14.9 Å². The lowest BCUT2D eigenvalue weighted by atomic mass is 9.88. The molecule has 0 radical (unpaired) electrons. The number of hydrogen-bond donors (Lipinski definition) is 1. The van der Waals surface area contributed by atoms with Crippen molar-refractivity contribution in [3.63, 3.8) is 0 Å². The van der Waals surface area contributed by atoms with Crippen LogP contribution in [0.15, 0.2) is 79.3 Å². The molecular formula is C28H27N3O. The van der Waals surface area contributed by atoms with Gasteiger partial charge in [0.05, 0.1) is 18.6 Å². The maximum Gasteiger partial charge on any atom is 0.270 e. The van der Waals surface area contributed by atoms with E-state index in [2.05, 4.69) is 72.7 Å². The molecule has 0 aliphatic heterocycles. The van der Waals surface area contributed by atoms with E-state index in [1.54, 1.807) is 12.5 Å². The molecule has 1 aromatic heterocycles. The van der Waals surface area contributed by atoms with Gasteiger partial charge in [-0.05, 0) is 67.5 Å². The molecule has 0 saturated carbocycles. The van der Waals surface area contributed by atoms with Crippen molar-refractivity contribution < 1.29 is 4.79 Å². The third-order valence-corrected chi connectivity index (χ3v) is 6.25. The standard InChI is InChI=1S/C28H27N3O/c1-19-14-20(2)16-23(15-19)21-10-12-24(13-11-21)31-18-29-17-27(31)28(32)30-26-9-5-7-22-6-3-4-8-25(22)26/h3-4,6,8,10-18,26H,5,7,9H2,1-2H3,(H,30,32)/t26-/m0/s1. The van der Waals surface area contributed by atoms with Gasteiger partial charge in [0.15, 0.2) is 0 Å². The molecule has 160 valence electrons. The van der Waals surface area contributed by atoms with E-state index in [9.17, 15) is 4.79 Å². The Morgan fingerprint density at radius 3 is 2.50 bits per heavy atom. The Morgan fingerprint density at radius 2 is 1.72 bits per heavy atom. The fourth-order valence-corrected chi connectivity index (χ4v) is 4.76. The minimum Gasteiger partial charge on any atom is -0.344 e. The van der Waals surface area contributed by atoms with E-state index < -0.39 is 0 Å². The van der Waals surface area contributed by atoms with Gasteiger partial charge in [-0.3, -0.25) is 9.36 Å². The zero-order valence-electron chi connectivity index (χ0n) is 18.5. The summed E-state index contributed by atoms with van der Waals surface area (Å²) in [6.45, 7) is 4.23. The predicted molar refractivity (Wildman–Crippen MR) is 128 cm³/mol. The Balaban J connectivity index is 1.38. The van der Waals surface area contributed by atoms with E-state index in [0.717, 1.165) is 30.5 Å². The van der Waals surface area contributed by atoms with Crippen LogP contribution in [0, 0.1) is 13.8 Å². The number of imidazole rings is 1. The summed E-state index contributed by atoms with van der Waals surface area (Å²) in [4.78, 5) is 17.4. The molecule has 1 atom stereocenters.